The number of Topliss-reactive ketones (excluding diaryl/α,β-unsaturated/α-hetero) is 1. The van der Waals surface area contributed by atoms with Crippen LogP contribution >= 0.6 is 0 Å². The maximum absolute atomic E-state index is 12.1. The van der Waals surface area contributed by atoms with E-state index in [9.17, 15) is 9.59 Å². The molecular formula is C29H59N3O3. The minimum atomic E-state index is 0.119. The highest BCUT2D eigenvalue weighted by Crippen LogP contribution is 2.32. The summed E-state index contributed by atoms with van der Waals surface area (Å²) < 4.78 is 4.75. The summed E-state index contributed by atoms with van der Waals surface area (Å²) in [5.41, 5.74) is 0. The van der Waals surface area contributed by atoms with Gasteiger partial charge < -0.3 is 14.5 Å². The Morgan fingerprint density at radius 1 is 0.857 bits per heavy atom. The quantitative estimate of drug-likeness (QED) is 0.438. The van der Waals surface area contributed by atoms with E-state index >= 15 is 0 Å². The second-order valence-corrected chi connectivity index (χ2v) is 11.2. The molecule has 35 heavy (non-hydrogen) atoms. The van der Waals surface area contributed by atoms with Gasteiger partial charge in [0, 0.05) is 32.0 Å². The molecule has 0 atom stereocenters. The van der Waals surface area contributed by atoms with Crippen LogP contribution in [-0.4, -0.2) is 92.5 Å². The number of carbonyl (C=O) groups excluding carboxylic acids is 2. The molecule has 0 bridgehead atoms. The van der Waals surface area contributed by atoms with Crippen LogP contribution in [0, 0.1) is 23.7 Å². The van der Waals surface area contributed by atoms with Crippen LogP contribution in [0.3, 0.4) is 0 Å². The smallest absolute Gasteiger partial charge is 0.225 e. The summed E-state index contributed by atoms with van der Waals surface area (Å²) >= 11 is 0. The number of amides is 1. The van der Waals surface area contributed by atoms with E-state index in [1.54, 1.807) is 7.11 Å². The van der Waals surface area contributed by atoms with Gasteiger partial charge in [-0.05, 0) is 91.0 Å². The predicted octanol–water partition coefficient (Wildman–Crippen LogP) is 5.21. The number of ether oxygens (including phenoxy) is 1. The van der Waals surface area contributed by atoms with E-state index in [4.69, 9.17) is 4.74 Å². The van der Waals surface area contributed by atoms with Gasteiger partial charge in [0.05, 0.1) is 12.6 Å². The van der Waals surface area contributed by atoms with Crippen LogP contribution in [0.2, 0.25) is 0 Å². The van der Waals surface area contributed by atoms with Gasteiger partial charge in [-0.15, -0.1) is 0 Å². The number of ketones is 1. The molecule has 0 aromatic rings. The summed E-state index contributed by atoms with van der Waals surface area (Å²) in [5, 5.41) is 0. The molecule has 0 N–H and O–H groups in total. The molecule has 2 fully saturated rings. The number of hydrogen-bond acceptors (Lipinski definition) is 5. The van der Waals surface area contributed by atoms with Crippen molar-refractivity contribution >= 4 is 11.7 Å². The lowest BCUT2D eigenvalue weighted by Gasteiger charge is -2.40. The fraction of sp³-hybridized carbons (Fsp3) is 0.931. The lowest BCUT2D eigenvalue weighted by Crippen LogP contribution is -2.44. The second-order valence-electron chi connectivity index (χ2n) is 11.2. The van der Waals surface area contributed by atoms with Crippen molar-refractivity contribution in [2.45, 2.75) is 93.6 Å². The molecular weight excluding hydrogens is 438 g/mol. The van der Waals surface area contributed by atoms with Gasteiger partial charge in [-0.3, -0.25) is 14.5 Å². The largest absolute Gasteiger partial charge is 0.382 e. The molecule has 0 saturated carbocycles. The zero-order valence-electron chi connectivity index (χ0n) is 24.9. The molecule has 208 valence electrons. The number of rotatable bonds is 9. The summed E-state index contributed by atoms with van der Waals surface area (Å²) in [4.78, 5) is 30.6. The number of carbonyl (C=O) groups is 2. The highest BCUT2D eigenvalue weighted by atomic mass is 16.5. The third-order valence-electron chi connectivity index (χ3n) is 7.28. The van der Waals surface area contributed by atoms with E-state index in [0.717, 1.165) is 50.9 Å². The molecule has 0 aliphatic carbocycles. The van der Waals surface area contributed by atoms with Gasteiger partial charge in [-0.1, -0.05) is 41.5 Å². The van der Waals surface area contributed by atoms with Crippen molar-refractivity contribution in [1.82, 2.24) is 14.7 Å². The average molecular weight is 498 g/mol. The molecule has 2 saturated heterocycles. The number of methoxy groups -OCH3 is 1. The van der Waals surface area contributed by atoms with Gasteiger partial charge in [0.25, 0.3) is 0 Å². The van der Waals surface area contributed by atoms with Crippen LogP contribution < -0.4 is 0 Å². The predicted molar refractivity (Wildman–Crippen MR) is 149 cm³/mol. The maximum atomic E-state index is 12.1. The lowest BCUT2D eigenvalue weighted by atomic mass is 9.78. The van der Waals surface area contributed by atoms with E-state index < -0.39 is 0 Å². The maximum Gasteiger partial charge on any atom is 0.225 e. The van der Waals surface area contributed by atoms with Crippen molar-refractivity contribution in [3.05, 3.63) is 0 Å². The average Bonchev–Trinajstić information content (AvgIpc) is 2.84. The van der Waals surface area contributed by atoms with Crippen molar-refractivity contribution in [2.75, 3.05) is 60.0 Å². The van der Waals surface area contributed by atoms with E-state index in [1.807, 2.05) is 41.5 Å². The van der Waals surface area contributed by atoms with Crippen LogP contribution in [-0.2, 0) is 14.3 Å². The second kappa shape index (κ2) is 19.2. The monoisotopic (exact) mass is 497 g/mol. The topological polar surface area (TPSA) is 53.1 Å². The first kappa shape index (κ1) is 34.0. The molecule has 0 spiro atoms. The number of hydrogen-bond donors (Lipinski definition) is 0. The van der Waals surface area contributed by atoms with Crippen LogP contribution in [0.15, 0.2) is 0 Å². The molecule has 2 rings (SSSR count). The SMILES string of the molecule is CC(C)C(=O)CN1CCC(C2CCN(C(=O)C(C)C)CC2)CC1.CCCN(C)CC.COC(C)C. The van der Waals surface area contributed by atoms with E-state index in [0.29, 0.717) is 24.3 Å². The number of piperidine rings is 2. The Kier molecular flexibility index (Phi) is 18.6. The van der Waals surface area contributed by atoms with Crippen LogP contribution in [0.4, 0.5) is 0 Å². The van der Waals surface area contributed by atoms with Gasteiger partial charge in [0.2, 0.25) is 5.91 Å². The first-order chi connectivity index (χ1) is 16.5. The molecule has 0 aromatic heterocycles. The molecule has 2 heterocycles. The lowest BCUT2D eigenvalue weighted by molar-refractivity contribution is -0.136. The van der Waals surface area contributed by atoms with Gasteiger partial charge >= 0.3 is 0 Å². The minimum Gasteiger partial charge on any atom is -0.382 e. The third-order valence-corrected chi connectivity index (χ3v) is 7.28. The van der Waals surface area contributed by atoms with Crippen molar-refractivity contribution in [3.63, 3.8) is 0 Å². The van der Waals surface area contributed by atoms with Crippen molar-refractivity contribution < 1.29 is 14.3 Å². The highest BCUT2D eigenvalue weighted by molar-refractivity contribution is 5.82. The van der Waals surface area contributed by atoms with Gasteiger partial charge in [0.15, 0.2) is 0 Å². The van der Waals surface area contributed by atoms with Gasteiger partial charge in [-0.2, -0.15) is 0 Å². The van der Waals surface area contributed by atoms with E-state index in [2.05, 4.69) is 35.6 Å². The highest BCUT2D eigenvalue weighted by Gasteiger charge is 2.31. The van der Waals surface area contributed by atoms with Gasteiger partial charge in [-0.25, -0.2) is 0 Å². The van der Waals surface area contributed by atoms with Crippen molar-refractivity contribution in [2.24, 2.45) is 23.7 Å². The molecule has 0 radical (unpaired) electrons. The Bertz CT molecular complexity index is 549. The standard InChI is InChI=1S/C19H34N2O2.C6H15N.C4H10O/c1-14(2)18(22)13-20-9-5-16(6-10-20)17-7-11-21(12-8-17)19(23)15(3)4;1-4-6-7(3)5-2;1-4(2)5-3/h14-17H,5-13H2,1-4H3;4-6H2,1-3H3;4H,1-3H3. The zero-order chi connectivity index (χ0) is 27.0. The third kappa shape index (κ3) is 15.0. The molecule has 6 heteroatoms. The fourth-order valence-electron chi connectivity index (χ4n) is 4.48. The summed E-state index contributed by atoms with van der Waals surface area (Å²) in [6.07, 6.45) is 6.41. The minimum absolute atomic E-state index is 0.119. The molecule has 0 unspecified atom stereocenters. The summed E-state index contributed by atoms with van der Waals surface area (Å²) in [6, 6.07) is 0. The van der Waals surface area contributed by atoms with Crippen LogP contribution in [0.5, 0.6) is 0 Å². The zero-order valence-corrected chi connectivity index (χ0v) is 24.9. The number of nitrogens with zero attached hydrogens (tertiary/aromatic N) is 3. The summed E-state index contributed by atoms with van der Waals surface area (Å²) in [5.74, 6) is 2.50. The molecule has 2 aliphatic heterocycles. The Labute approximate surface area is 218 Å². The van der Waals surface area contributed by atoms with Crippen LogP contribution in [0.1, 0.15) is 87.5 Å². The first-order valence-corrected chi connectivity index (χ1v) is 14.2. The van der Waals surface area contributed by atoms with Crippen molar-refractivity contribution in [3.8, 4) is 0 Å². The van der Waals surface area contributed by atoms with Gasteiger partial charge in [0.1, 0.15) is 5.78 Å². The Balaban J connectivity index is 0.000000798. The Morgan fingerprint density at radius 3 is 1.63 bits per heavy atom. The summed E-state index contributed by atoms with van der Waals surface area (Å²) in [7, 11) is 3.84. The number of likely N-dealkylation sites (tertiary alicyclic amines) is 2. The molecule has 2 aliphatic rings. The Hall–Kier alpha value is -0.980. The molecule has 0 aromatic carbocycles. The fourth-order valence-corrected chi connectivity index (χ4v) is 4.48. The summed E-state index contributed by atoms with van der Waals surface area (Å²) in [6.45, 7) is 23.4. The van der Waals surface area contributed by atoms with E-state index in [1.165, 1.54) is 32.4 Å². The normalized spacial score (nSPS) is 17.9. The molecule has 6 nitrogen and oxygen atoms in total. The molecule has 1 amide bonds. The first-order valence-electron chi connectivity index (χ1n) is 14.2. The van der Waals surface area contributed by atoms with E-state index in [-0.39, 0.29) is 11.8 Å². The van der Waals surface area contributed by atoms with Crippen molar-refractivity contribution in [1.29, 1.82) is 0 Å². The Morgan fingerprint density at radius 2 is 1.31 bits per heavy atom. The van der Waals surface area contributed by atoms with Crippen LogP contribution in [0.25, 0.3) is 0 Å².